The highest BCUT2D eigenvalue weighted by Crippen LogP contribution is 2.28. The Morgan fingerprint density at radius 3 is 2.62 bits per heavy atom. The molecule has 116 valence electrons. The van der Waals surface area contributed by atoms with Gasteiger partial charge in [-0.1, -0.05) is 19.8 Å². The number of aromatic amines is 2. The predicted molar refractivity (Wildman–Crippen MR) is 73.3 cm³/mol. The molecule has 1 aliphatic rings. The fourth-order valence-corrected chi connectivity index (χ4v) is 2.64. The van der Waals surface area contributed by atoms with Crippen LogP contribution in [0.2, 0.25) is 0 Å². The summed E-state index contributed by atoms with van der Waals surface area (Å²) in [6.45, 7) is 1.34. The second kappa shape index (κ2) is 6.19. The smallest absolute Gasteiger partial charge is 0.327 e. The second-order valence-electron chi connectivity index (χ2n) is 5.10. The predicted octanol–water partition coefficient (Wildman–Crippen LogP) is 1.28. The van der Waals surface area contributed by atoms with E-state index in [1.54, 1.807) is 0 Å². The first kappa shape index (κ1) is 15.4. The summed E-state index contributed by atoms with van der Waals surface area (Å²) in [5, 5.41) is 0. The van der Waals surface area contributed by atoms with Gasteiger partial charge in [0.05, 0.1) is 6.54 Å². The first-order valence-electron chi connectivity index (χ1n) is 6.88. The lowest BCUT2D eigenvalue weighted by Gasteiger charge is -2.36. The number of aromatic nitrogens is 2. The highest BCUT2D eigenvalue weighted by atomic mass is 19.3. The maximum Gasteiger partial charge on any atom is 0.327 e. The van der Waals surface area contributed by atoms with Crippen LogP contribution in [0.15, 0.2) is 9.59 Å². The summed E-state index contributed by atoms with van der Waals surface area (Å²) in [7, 11) is 0. The van der Waals surface area contributed by atoms with Crippen molar-refractivity contribution in [2.45, 2.75) is 45.1 Å². The van der Waals surface area contributed by atoms with Crippen LogP contribution >= 0.6 is 0 Å². The van der Waals surface area contributed by atoms with Crippen LogP contribution in [-0.2, 0) is 0 Å². The quantitative estimate of drug-likeness (QED) is 0.858. The Labute approximate surface area is 119 Å². The summed E-state index contributed by atoms with van der Waals surface area (Å²) < 4.78 is 25.6. The highest BCUT2D eigenvalue weighted by molar-refractivity contribution is 6.02. The standard InChI is InChI=1S/C13H17F2N3O3/c1-2-3-4-7-5-8(19)10-11(18(7)6-9(14)15)16-13(21)17-12(10)20/h7,9H,2-6H2,1H3,(H2,16,17,20,21). The second-order valence-corrected chi connectivity index (χ2v) is 5.10. The number of rotatable bonds is 5. The lowest BCUT2D eigenvalue weighted by Crippen LogP contribution is -2.48. The third-order valence-corrected chi connectivity index (χ3v) is 3.58. The Morgan fingerprint density at radius 2 is 2.00 bits per heavy atom. The number of halogens is 2. The largest absolute Gasteiger partial charge is 0.348 e. The van der Waals surface area contributed by atoms with Gasteiger partial charge in [0.25, 0.3) is 12.0 Å². The number of fused-ring (bicyclic) bond motifs is 1. The zero-order chi connectivity index (χ0) is 15.6. The van der Waals surface area contributed by atoms with Gasteiger partial charge in [-0.15, -0.1) is 0 Å². The molecule has 1 aliphatic heterocycles. The van der Waals surface area contributed by atoms with Gasteiger partial charge < -0.3 is 4.90 Å². The molecule has 0 amide bonds. The zero-order valence-corrected chi connectivity index (χ0v) is 11.6. The van der Waals surface area contributed by atoms with Gasteiger partial charge in [0.1, 0.15) is 11.4 Å². The zero-order valence-electron chi connectivity index (χ0n) is 11.6. The number of alkyl halides is 2. The minimum atomic E-state index is -2.63. The molecule has 8 heteroatoms. The number of Topliss-reactive ketones (excluding diaryl/α,β-unsaturated/α-hetero) is 1. The van der Waals surface area contributed by atoms with Crippen molar-refractivity contribution >= 4 is 11.6 Å². The fraction of sp³-hybridized carbons (Fsp3) is 0.615. The van der Waals surface area contributed by atoms with Crippen molar-refractivity contribution in [3.63, 3.8) is 0 Å². The molecule has 0 radical (unpaired) electrons. The van der Waals surface area contributed by atoms with Gasteiger partial charge in [-0.2, -0.15) is 0 Å². The number of carbonyl (C=O) groups is 1. The molecule has 0 bridgehead atoms. The topological polar surface area (TPSA) is 86.0 Å². The van der Waals surface area contributed by atoms with E-state index in [0.717, 1.165) is 12.8 Å². The molecule has 0 aliphatic carbocycles. The van der Waals surface area contributed by atoms with Gasteiger partial charge in [-0.25, -0.2) is 13.6 Å². The van der Waals surface area contributed by atoms with Gasteiger partial charge in [-0.3, -0.25) is 19.6 Å². The molecule has 2 heterocycles. The monoisotopic (exact) mass is 301 g/mol. The number of ketones is 1. The Bertz CT molecular complexity index is 638. The Morgan fingerprint density at radius 1 is 1.29 bits per heavy atom. The molecule has 0 saturated carbocycles. The SMILES string of the molecule is CCCCC1CC(=O)c2c([nH]c(=O)[nH]c2=O)N1CC(F)F. The summed E-state index contributed by atoms with van der Waals surface area (Å²) in [6, 6.07) is -0.420. The number of anilines is 1. The van der Waals surface area contributed by atoms with E-state index >= 15 is 0 Å². The summed E-state index contributed by atoms with van der Waals surface area (Å²) in [5.74, 6) is -0.504. The average molecular weight is 301 g/mol. The van der Waals surface area contributed by atoms with Gasteiger partial charge in [0, 0.05) is 12.5 Å². The van der Waals surface area contributed by atoms with Crippen molar-refractivity contribution in [1.29, 1.82) is 0 Å². The molecule has 21 heavy (non-hydrogen) atoms. The minimum absolute atomic E-state index is 0.00877. The number of unbranched alkanes of at least 4 members (excludes halogenated alkanes) is 1. The van der Waals surface area contributed by atoms with Crippen LogP contribution in [0.3, 0.4) is 0 Å². The van der Waals surface area contributed by atoms with Crippen LogP contribution in [0.25, 0.3) is 0 Å². The number of H-pyrrole nitrogens is 2. The summed E-state index contributed by atoms with van der Waals surface area (Å²) in [6.07, 6.45) is -0.414. The Balaban J connectivity index is 2.49. The Kier molecular flexibility index (Phi) is 4.54. The molecule has 1 atom stereocenters. The van der Waals surface area contributed by atoms with Crippen LogP contribution in [-0.4, -0.2) is 34.8 Å². The van der Waals surface area contributed by atoms with Gasteiger partial charge >= 0.3 is 5.69 Å². The van der Waals surface area contributed by atoms with Crippen molar-refractivity contribution in [3.05, 3.63) is 26.4 Å². The third kappa shape index (κ3) is 3.20. The number of hydrogen-bond acceptors (Lipinski definition) is 4. The van der Waals surface area contributed by atoms with E-state index in [4.69, 9.17) is 0 Å². The molecule has 1 aromatic heterocycles. The lowest BCUT2D eigenvalue weighted by atomic mass is 9.94. The van der Waals surface area contributed by atoms with E-state index in [1.165, 1.54) is 4.90 Å². The lowest BCUT2D eigenvalue weighted by molar-refractivity contribution is 0.0950. The summed E-state index contributed by atoms with van der Waals surface area (Å²) in [5.41, 5.74) is -1.86. The van der Waals surface area contributed by atoms with Crippen molar-refractivity contribution < 1.29 is 13.6 Å². The van der Waals surface area contributed by atoms with Crippen molar-refractivity contribution in [3.8, 4) is 0 Å². The van der Waals surface area contributed by atoms with Crippen LogP contribution in [0.4, 0.5) is 14.6 Å². The van der Waals surface area contributed by atoms with Crippen molar-refractivity contribution in [1.82, 2.24) is 9.97 Å². The van der Waals surface area contributed by atoms with Gasteiger partial charge in [-0.05, 0) is 6.42 Å². The molecule has 0 aromatic carbocycles. The summed E-state index contributed by atoms with van der Waals surface area (Å²) >= 11 is 0. The normalized spacial score (nSPS) is 18.2. The highest BCUT2D eigenvalue weighted by Gasteiger charge is 2.35. The van der Waals surface area contributed by atoms with Crippen LogP contribution in [0.1, 0.15) is 43.0 Å². The molecule has 0 saturated heterocycles. The van der Waals surface area contributed by atoms with Gasteiger partial charge in [0.2, 0.25) is 0 Å². The van der Waals surface area contributed by atoms with Crippen LogP contribution in [0.5, 0.6) is 0 Å². The molecule has 6 nitrogen and oxygen atoms in total. The molecule has 2 N–H and O–H groups in total. The third-order valence-electron chi connectivity index (χ3n) is 3.58. The minimum Gasteiger partial charge on any atom is -0.348 e. The number of hydrogen-bond donors (Lipinski definition) is 2. The number of nitrogens with one attached hydrogen (secondary N) is 2. The van der Waals surface area contributed by atoms with Crippen molar-refractivity contribution in [2.75, 3.05) is 11.4 Å². The fourth-order valence-electron chi connectivity index (χ4n) is 2.64. The molecule has 0 fully saturated rings. The Hall–Kier alpha value is -1.99. The van der Waals surface area contributed by atoms with Gasteiger partial charge in [0.15, 0.2) is 5.78 Å². The maximum absolute atomic E-state index is 12.8. The summed E-state index contributed by atoms with van der Waals surface area (Å²) in [4.78, 5) is 40.8. The maximum atomic E-state index is 12.8. The number of carbonyl (C=O) groups excluding carboxylic acids is 1. The van der Waals surface area contributed by atoms with E-state index in [1.807, 2.05) is 11.9 Å². The average Bonchev–Trinajstić information content (AvgIpc) is 2.38. The van der Waals surface area contributed by atoms with Crippen LogP contribution < -0.4 is 16.1 Å². The molecule has 2 rings (SSSR count). The molecule has 1 aromatic rings. The van der Waals surface area contributed by atoms with E-state index in [-0.39, 0.29) is 17.8 Å². The van der Waals surface area contributed by atoms with E-state index in [0.29, 0.717) is 6.42 Å². The molecular weight excluding hydrogens is 284 g/mol. The van der Waals surface area contributed by atoms with E-state index < -0.39 is 36.0 Å². The number of nitrogens with zero attached hydrogens (tertiary/aromatic N) is 1. The molecule has 1 unspecified atom stereocenters. The van der Waals surface area contributed by atoms with E-state index in [2.05, 4.69) is 4.98 Å². The molecule has 0 spiro atoms. The molecular formula is C13H17F2N3O3. The first-order chi connectivity index (χ1) is 9.93. The van der Waals surface area contributed by atoms with E-state index in [9.17, 15) is 23.2 Å². The first-order valence-corrected chi connectivity index (χ1v) is 6.88. The van der Waals surface area contributed by atoms with Crippen molar-refractivity contribution in [2.24, 2.45) is 0 Å². The van der Waals surface area contributed by atoms with Crippen LogP contribution in [0, 0.1) is 0 Å².